The van der Waals surface area contributed by atoms with Gasteiger partial charge in [-0.1, -0.05) is 51.8 Å². The number of benzene rings is 2. The van der Waals surface area contributed by atoms with E-state index in [1.54, 1.807) is 6.07 Å². The van der Waals surface area contributed by atoms with Crippen LogP contribution in [0.5, 0.6) is 0 Å². The molecule has 0 bridgehead atoms. The van der Waals surface area contributed by atoms with E-state index < -0.39 is 0 Å². The van der Waals surface area contributed by atoms with Crippen LogP contribution in [-0.4, -0.2) is 0 Å². The summed E-state index contributed by atoms with van der Waals surface area (Å²) < 4.78 is 13.9. The second-order valence-electron chi connectivity index (χ2n) is 4.80. The predicted octanol–water partition coefficient (Wildman–Crippen LogP) is 5.65. The fourth-order valence-corrected chi connectivity index (χ4v) is 3.23. The minimum absolute atomic E-state index is 0.0799. The van der Waals surface area contributed by atoms with Crippen molar-refractivity contribution in [2.75, 3.05) is 0 Å². The molecule has 0 amide bonds. The summed E-state index contributed by atoms with van der Waals surface area (Å²) in [6.07, 6.45) is 0. The molecule has 2 rings (SSSR count). The molecule has 0 aliphatic heterocycles. The van der Waals surface area contributed by atoms with Gasteiger partial charge in [0.25, 0.3) is 0 Å². The van der Waals surface area contributed by atoms with Crippen LogP contribution in [0.3, 0.4) is 0 Å². The van der Waals surface area contributed by atoms with Crippen molar-refractivity contribution in [3.05, 3.63) is 68.9 Å². The predicted molar refractivity (Wildman–Crippen MR) is 85.5 cm³/mol. The van der Waals surface area contributed by atoms with E-state index >= 15 is 0 Å². The van der Waals surface area contributed by atoms with E-state index in [1.807, 2.05) is 31.2 Å². The molecule has 1 nitrogen and oxygen atoms in total. The maximum absolute atomic E-state index is 13.1. The first-order valence-corrected chi connectivity index (χ1v) is 7.61. The Bertz CT molecular complexity index is 603. The van der Waals surface area contributed by atoms with Crippen molar-refractivity contribution in [3.63, 3.8) is 0 Å². The summed E-state index contributed by atoms with van der Waals surface area (Å²) in [5, 5.41) is 4.22. The molecule has 4 heteroatoms. The summed E-state index contributed by atoms with van der Waals surface area (Å²) in [6.45, 7) is 4.11. The van der Waals surface area contributed by atoms with Gasteiger partial charge in [0.1, 0.15) is 5.82 Å². The van der Waals surface area contributed by atoms with Crippen molar-refractivity contribution in [2.24, 2.45) is 0 Å². The summed E-state index contributed by atoms with van der Waals surface area (Å²) in [5.74, 6) is -0.244. The number of nitrogens with one attached hydrogen (secondary N) is 1. The van der Waals surface area contributed by atoms with Gasteiger partial charge in [0.05, 0.1) is 0 Å². The quantitative estimate of drug-likeness (QED) is 0.746. The average Bonchev–Trinajstić information content (AvgIpc) is 2.38. The van der Waals surface area contributed by atoms with Crippen LogP contribution in [0, 0.1) is 5.82 Å². The Labute approximate surface area is 132 Å². The summed E-state index contributed by atoms with van der Waals surface area (Å²) >= 11 is 9.60. The van der Waals surface area contributed by atoms with Gasteiger partial charge in [-0.15, -0.1) is 0 Å². The Balaban J connectivity index is 2.15. The van der Waals surface area contributed by atoms with E-state index in [4.69, 9.17) is 11.6 Å². The van der Waals surface area contributed by atoms with Gasteiger partial charge in [-0.25, -0.2) is 4.39 Å². The molecular weight excluding hydrogens is 341 g/mol. The topological polar surface area (TPSA) is 12.0 Å². The van der Waals surface area contributed by atoms with Gasteiger partial charge in [0, 0.05) is 21.6 Å². The Hall–Kier alpha value is -0.900. The minimum Gasteiger partial charge on any atom is -0.304 e. The van der Waals surface area contributed by atoms with Crippen LogP contribution < -0.4 is 5.32 Å². The molecule has 2 aromatic carbocycles. The number of halogens is 3. The Morgan fingerprint density at radius 2 is 1.70 bits per heavy atom. The number of hydrogen-bond donors (Lipinski definition) is 1. The standard InChI is InChI=1S/C16H16BrClFN/c1-10(13-8-7-12(19)9-15(13)17)20-11(2)14-5-3-4-6-16(14)18/h3-11,20H,1-2H3/t10?,11-/m0/s1. The van der Waals surface area contributed by atoms with Crippen LogP contribution in [0.4, 0.5) is 4.39 Å². The maximum Gasteiger partial charge on any atom is 0.124 e. The van der Waals surface area contributed by atoms with Crippen LogP contribution in [0.15, 0.2) is 46.9 Å². The van der Waals surface area contributed by atoms with Crippen LogP contribution in [0.1, 0.15) is 37.1 Å². The van der Waals surface area contributed by atoms with Crippen molar-refractivity contribution in [2.45, 2.75) is 25.9 Å². The van der Waals surface area contributed by atoms with Crippen LogP contribution in [0.2, 0.25) is 5.02 Å². The maximum atomic E-state index is 13.1. The molecule has 0 aliphatic carbocycles. The summed E-state index contributed by atoms with van der Waals surface area (Å²) in [6, 6.07) is 12.7. The molecular formula is C16H16BrClFN. The second kappa shape index (κ2) is 6.70. The highest BCUT2D eigenvalue weighted by atomic mass is 79.9. The molecule has 0 saturated carbocycles. The van der Waals surface area contributed by atoms with Crippen molar-refractivity contribution >= 4 is 27.5 Å². The third-order valence-corrected chi connectivity index (χ3v) is 4.33. The van der Waals surface area contributed by atoms with Crippen molar-refractivity contribution in [3.8, 4) is 0 Å². The average molecular weight is 357 g/mol. The molecule has 0 saturated heterocycles. The highest BCUT2D eigenvalue weighted by Gasteiger charge is 2.15. The minimum atomic E-state index is -0.244. The molecule has 0 spiro atoms. The third kappa shape index (κ3) is 3.60. The van der Waals surface area contributed by atoms with Crippen LogP contribution in [0.25, 0.3) is 0 Å². The van der Waals surface area contributed by atoms with E-state index in [-0.39, 0.29) is 17.9 Å². The van der Waals surface area contributed by atoms with Crippen molar-refractivity contribution in [1.29, 1.82) is 0 Å². The SMILES string of the molecule is CC(N[C@@H](C)c1ccccc1Cl)c1ccc(F)cc1Br. The zero-order chi connectivity index (χ0) is 14.7. The first-order valence-electron chi connectivity index (χ1n) is 6.44. The Kier molecular flexibility index (Phi) is 5.19. The summed E-state index contributed by atoms with van der Waals surface area (Å²) in [5.41, 5.74) is 2.07. The van der Waals surface area contributed by atoms with Gasteiger partial charge in [0.15, 0.2) is 0 Å². The van der Waals surface area contributed by atoms with E-state index in [0.29, 0.717) is 0 Å². The van der Waals surface area contributed by atoms with E-state index in [2.05, 4.69) is 28.2 Å². The van der Waals surface area contributed by atoms with E-state index in [1.165, 1.54) is 12.1 Å². The molecule has 1 unspecified atom stereocenters. The molecule has 0 fully saturated rings. The molecule has 0 radical (unpaired) electrons. The van der Waals surface area contributed by atoms with Gasteiger partial charge in [0.2, 0.25) is 0 Å². The Morgan fingerprint density at radius 3 is 2.35 bits per heavy atom. The lowest BCUT2D eigenvalue weighted by Gasteiger charge is -2.22. The van der Waals surface area contributed by atoms with Crippen molar-refractivity contribution < 1.29 is 4.39 Å². The fraction of sp³-hybridized carbons (Fsp3) is 0.250. The number of rotatable bonds is 4. The molecule has 20 heavy (non-hydrogen) atoms. The second-order valence-corrected chi connectivity index (χ2v) is 6.06. The monoisotopic (exact) mass is 355 g/mol. The first kappa shape index (κ1) is 15.5. The van der Waals surface area contributed by atoms with E-state index in [9.17, 15) is 4.39 Å². The molecule has 1 N–H and O–H groups in total. The summed E-state index contributed by atoms with van der Waals surface area (Å²) in [7, 11) is 0. The van der Waals surface area contributed by atoms with Gasteiger partial charge in [-0.3, -0.25) is 0 Å². The van der Waals surface area contributed by atoms with Gasteiger partial charge in [-0.2, -0.15) is 0 Å². The largest absolute Gasteiger partial charge is 0.304 e. The smallest absolute Gasteiger partial charge is 0.124 e. The van der Waals surface area contributed by atoms with Crippen molar-refractivity contribution in [1.82, 2.24) is 5.32 Å². The molecule has 0 aromatic heterocycles. The molecule has 0 heterocycles. The van der Waals surface area contributed by atoms with Gasteiger partial charge >= 0.3 is 0 Å². The van der Waals surface area contributed by atoms with Crippen LogP contribution >= 0.6 is 27.5 Å². The van der Waals surface area contributed by atoms with E-state index in [0.717, 1.165) is 20.6 Å². The molecule has 2 atom stereocenters. The summed E-state index contributed by atoms with van der Waals surface area (Å²) in [4.78, 5) is 0. The van der Waals surface area contributed by atoms with Gasteiger partial charge in [-0.05, 0) is 43.2 Å². The normalized spacial score (nSPS) is 14.1. The lowest BCUT2D eigenvalue weighted by atomic mass is 10.0. The highest BCUT2D eigenvalue weighted by molar-refractivity contribution is 9.10. The zero-order valence-corrected chi connectivity index (χ0v) is 13.7. The number of hydrogen-bond acceptors (Lipinski definition) is 1. The molecule has 2 aromatic rings. The third-order valence-electron chi connectivity index (χ3n) is 3.30. The molecule has 0 aliphatic rings. The van der Waals surface area contributed by atoms with Gasteiger partial charge < -0.3 is 5.32 Å². The first-order chi connectivity index (χ1) is 9.49. The Morgan fingerprint density at radius 1 is 1.05 bits per heavy atom. The lowest BCUT2D eigenvalue weighted by Crippen LogP contribution is -2.23. The molecule has 106 valence electrons. The highest BCUT2D eigenvalue weighted by Crippen LogP contribution is 2.28. The van der Waals surface area contributed by atoms with Crippen LogP contribution in [-0.2, 0) is 0 Å². The zero-order valence-electron chi connectivity index (χ0n) is 11.3. The fourth-order valence-electron chi connectivity index (χ4n) is 2.23. The lowest BCUT2D eigenvalue weighted by molar-refractivity contribution is 0.492.